The standard InChI is InChI=1S/C22H18FN3O6S/c23-16-5-1-2-6-17(16)26-33(29,30)15-11-9-14(10-12-15)21(27)24-25-22(28)20-13-31-18-7-3-4-8-19(18)32-20/h1-12,20,26H,13H2,(H,24,27)(H,25,28). The van der Waals surface area contributed by atoms with Gasteiger partial charge in [-0.1, -0.05) is 24.3 Å². The van der Waals surface area contributed by atoms with Crippen LogP contribution in [0.5, 0.6) is 11.5 Å². The first kappa shape index (κ1) is 22.1. The molecule has 1 aliphatic rings. The second-order valence-corrected chi connectivity index (χ2v) is 8.60. The molecule has 0 aromatic heterocycles. The number of anilines is 1. The van der Waals surface area contributed by atoms with E-state index in [1.54, 1.807) is 24.3 Å². The number of amides is 2. The van der Waals surface area contributed by atoms with Crippen molar-refractivity contribution in [1.29, 1.82) is 0 Å². The van der Waals surface area contributed by atoms with Gasteiger partial charge in [-0.25, -0.2) is 12.8 Å². The van der Waals surface area contributed by atoms with E-state index in [1.165, 1.54) is 42.5 Å². The Morgan fingerprint density at radius 3 is 2.27 bits per heavy atom. The minimum Gasteiger partial charge on any atom is -0.485 e. The van der Waals surface area contributed by atoms with E-state index < -0.39 is 33.8 Å². The molecule has 0 saturated carbocycles. The van der Waals surface area contributed by atoms with Crippen LogP contribution >= 0.6 is 0 Å². The van der Waals surface area contributed by atoms with E-state index >= 15 is 0 Å². The van der Waals surface area contributed by atoms with Crippen molar-refractivity contribution in [2.24, 2.45) is 0 Å². The van der Waals surface area contributed by atoms with Gasteiger partial charge in [0.15, 0.2) is 11.5 Å². The quantitative estimate of drug-likeness (QED) is 0.491. The summed E-state index contributed by atoms with van der Waals surface area (Å²) in [6, 6.07) is 17.1. The fourth-order valence-electron chi connectivity index (χ4n) is 2.95. The minimum atomic E-state index is -4.06. The molecule has 0 aliphatic carbocycles. The highest BCUT2D eigenvalue weighted by Crippen LogP contribution is 2.30. The average molecular weight is 471 g/mol. The maximum atomic E-state index is 13.7. The van der Waals surface area contributed by atoms with Gasteiger partial charge in [0.05, 0.1) is 10.6 Å². The predicted octanol–water partition coefficient (Wildman–Crippen LogP) is 2.23. The van der Waals surface area contributed by atoms with Gasteiger partial charge in [0.25, 0.3) is 21.8 Å². The molecular formula is C22H18FN3O6S. The van der Waals surface area contributed by atoms with Crippen LogP contribution in [0.1, 0.15) is 10.4 Å². The number of carbonyl (C=O) groups is 2. The summed E-state index contributed by atoms with van der Waals surface area (Å²) in [4.78, 5) is 24.4. The Labute approximate surface area is 188 Å². The van der Waals surface area contributed by atoms with Gasteiger partial charge in [-0.3, -0.25) is 25.2 Å². The molecule has 0 radical (unpaired) electrons. The third kappa shape index (κ3) is 5.04. The van der Waals surface area contributed by atoms with E-state index in [-0.39, 0.29) is 22.8 Å². The number of hydrogen-bond donors (Lipinski definition) is 3. The van der Waals surface area contributed by atoms with Gasteiger partial charge >= 0.3 is 0 Å². The van der Waals surface area contributed by atoms with E-state index in [9.17, 15) is 22.4 Å². The van der Waals surface area contributed by atoms with Crippen LogP contribution in [0.4, 0.5) is 10.1 Å². The Bertz CT molecular complexity index is 1300. The van der Waals surface area contributed by atoms with Crippen LogP contribution in [-0.4, -0.2) is 32.9 Å². The number of sulfonamides is 1. The van der Waals surface area contributed by atoms with Crippen LogP contribution in [0.3, 0.4) is 0 Å². The molecule has 33 heavy (non-hydrogen) atoms. The van der Waals surface area contributed by atoms with Crippen LogP contribution < -0.4 is 25.0 Å². The SMILES string of the molecule is O=C(NNC(=O)C1COc2ccccc2O1)c1ccc(S(=O)(=O)Nc2ccccc2F)cc1. The van der Waals surface area contributed by atoms with Crippen molar-refractivity contribution < 1.29 is 31.9 Å². The van der Waals surface area contributed by atoms with Gasteiger partial charge in [-0.15, -0.1) is 0 Å². The van der Waals surface area contributed by atoms with E-state index in [1.807, 2.05) is 0 Å². The monoisotopic (exact) mass is 471 g/mol. The van der Waals surface area contributed by atoms with Crippen molar-refractivity contribution in [3.8, 4) is 11.5 Å². The van der Waals surface area contributed by atoms with Gasteiger partial charge in [-0.2, -0.15) is 0 Å². The predicted molar refractivity (Wildman–Crippen MR) is 116 cm³/mol. The van der Waals surface area contributed by atoms with Crippen molar-refractivity contribution in [1.82, 2.24) is 10.9 Å². The Morgan fingerprint density at radius 1 is 0.879 bits per heavy atom. The van der Waals surface area contributed by atoms with E-state index in [2.05, 4.69) is 15.6 Å². The van der Waals surface area contributed by atoms with Crippen molar-refractivity contribution in [3.63, 3.8) is 0 Å². The van der Waals surface area contributed by atoms with Crippen molar-refractivity contribution in [3.05, 3.63) is 84.2 Å². The Hall–Kier alpha value is -4.12. The second kappa shape index (κ2) is 9.17. The van der Waals surface area contributed by atoms with Gasteiger partial charge in [0.1, 0.15) is 12.4 Å². The van der Waals surface area contributed by atoms with Crippen molar-refractivity contribution in [2.75, 3.05) is 11.3 Å². The molecule has 11 heteroatoms. The lowest BCUT2D eigenvalue weighted by Crippen LogP contribution is -2.50. The summed E-state index contributed by atoms with van der Waals surface area (Å²) >= 11 is 0. The first-order valence-electron chi connectivity index (χ1n) is 9.69. The highest BCUT2D eigenvalue weighted by Gasteiger charge is 2.27. The molecule has 0 fully saturated rings. The molecule has 9 nitrogen and oxygen atoms in total. The number of ether oxygens (including phenoxy) is 2. The van der Waals surface area contributed by atoms with Crippen LogP contribution in [0.2, 0.25) is 0 Å². The molecule has 3 N–H and O–H groups in total. The number of hydrogen-bond acceptors (Lipinski definition) is 6. The molecule has 1 heterocycles. The molecule has 3 aromatic carbocycles. The summed E-state index contributed by atoms with van der Waals surface area (Å²) in [6.45, 7) is -0.0275. The number of halogens is 1. The van der Waals surface area contributed by atoms with Crippen molar-refractivity contribution in [2.45, 2.75) is 11.0 Å². The summed E-state index contributed by atoms with van der Waals surface area (Å²) in [5.74, 6) is -1.08. The molecule has 2 amide bonds. The number of carbonyl (C=O) groups excluding carboxylic acids is 2. The molecule has 0 bridgehead atoms. The van der Waals surface area contributed by atoms with Gasteiger partial charge in [-0.05, 0) is 48.5 Å². The maximum absolute atomic E-state index is 13.7. The first-order valence-corrected chi connectivity index (χ1v) is 11.2. The Morgan fingerprint density at radius 2 is 1.55 bits per heavy atom. The molecule has 1 aliphatic heterocycles. The summed E-state index contributed by atoms with van der Waals surface area (Å²) in [5, 5.41) is 0. The molecular weight excluding hydrogens is 453 g/mol. The summed E-state index contributed by atoms with van der Waals surface area (Å²) < 4.78 is 51.8. The van der Waals surface area contributed by atoms with Crippen molar-refractivity contribution >= 4 is 27.5 Å². The third-order valence-electron chi connectivity index (χ3n) is 4.65. The number of benzene rings is 3. The zero-order chi connectivity index (χ0) is 23.4. The van der Waals surface area contributed by atoms with Crippen LogP contribution in [0, 0.1) is 5.82 Å². The van der Waals surface area contributed by atoms with E-state index in [0.717, 1.165) is 6.07 Å². The summed E-state index contributed by atoms with van der Waals surface area (Å²) in [7, 11) is -4.06. The smallest absolute Gasteiger partial charge is 0.283 e. The minimum absolute atomic E-state index is 0.0275. The number of para-hydroxylation sites is 3. The normalized spacial score (nSPS) is 14.8. The van der Waals surface area contributed by atoms with Crippen LogP contribution in [-0.2, 0) is 14.8 Å². The number of nitrogens with one attached hydrogen (secondary N) is 3. The summed E-state index contributed by atoms with van der Waals surface area (Å²) in [5.41, 5.74) is 4.38. The fraction of sp³-hybridized carbons (Fsp3) is 0.0909. The van der Waals surface area contributed by atoms with Crippen LogP contribution in [0.25, 0.3) is 0 Å². The lowest BCUT2D eigenvalue weighted by atomic mass is 10.2. The number of fused-ring (bicyclic) bond motifs is 1. The van der Waals surface area contributed by atoms with Crippen LogP contribution in [0.15, 0.2) is 77.7 Å². The van der Waals surface area contributed by atoms with Gasteiger partial charge in [0, 0.05) is 5.56 Å². The lowest BCUT2D eigenvalue weighted by Gasteiger charge is -2.25. The number of rotatable bonds is 5. The zero-order valence-electron chi connectivity index (χ0n) is 16.9. The first-order chi connectivity index (χ1) is 15.8. The topological polar surface area (TPSA) is 123 Å². The maximum Gasteiger partial charge on any atom is 0.283 e. The van der Waals surface area contributed by atoms with Gasteiger partial charge < -0.3 is 9.47 Å². The second-order valence-electron chi connectivity index (χ2n) is 6.92. The highest BCUT2D eigenvalue weighted by molar-refractivity contribution is 7.92. The largest absolute Gasteiger partial charge is 0.485 e. The Balaban J connectivity index is 1.35. The third-order valence-corrected chi connectivity index (χ3v) is 6.03. The zero-order valence-corrected chi connectivity index (χ0v) is 17.8. The molecule has 1 unspecified atom stereocenters. The summed E-state index contributed by atoms with van der Waals surface area (Å²) in [6.07, 6.45) is -0.961. The van der Waals surface area contributed by atoms with E-state index in [0.29, 0.717) is 11.5 Å². The fourth-order valence-corrected chi connectivity index (χ4v) is 4.02. The molecule has 0 spiro atoms. The molecule has 0 saturated heterocycles. The average Bonchev–Trinajstić information content (AvgIpc) is 2.83. The Kier molecular flexibility index (Phi) is 6.13. The molecule has 3 aromatic rings. The molecule has 4 rings (SSSR count). The molecule has 170 valence electrons. The highest BCUT2D eigenvalue weighted by atomic mass is 32.2. The lowest BCUT2D eigenvalue weighted by molar-refractivity contribution is -0.131. The number of hydrazine groups is 1. The van der Waals surface area contributed by atoms with E-state index in [4.69, 9.17) is 9.47 Å². The van der Waals surface area contributed by atoms with Gasteiger partial charge in [0.2, 0.25) is 6.10 Å². The molecule has 1 atom stereocenters.